The van der Waals surface area contributed by atoms with Crippen LogP contribution in [0.15, 0.2) is 42.5 Å². The summed E-state index contributed by atoms with van der Waals surface area (Å²) >= 11 is 0. The Kier molecular flexibility index (Phi) is 7.85. The molecule has 242 valence electrons. The Morgan fingerprint density at radius 1 is 0.841 bits per heavy atom. The fourth-order valence-corrected chi connectivity index (χ4v) is 12.8. The molecule has 5 aliphatic carbocycles. The summed E-state index contributed by atoms with van der Waals surface area (Å²) in [5.41, 5.74) is 2.82. The lowest BCUT2D eigenvalue weighted by Gasteiger charge is -2.73. The first-order valence-corrected chi connectivity index (χ1v) is 17.5. The lowest BCUT2D eigenvalue weighted by molar-refractivity contribution is -0.251. The monoisotopic (exact) mass is 603 g/mol. The molecule has 10 atom stereocenters. The second kappa shape index (κ2) is 10.9. The first-order valence-electron chi connectivity index (χ1n) is 17.5. The van der Waals surface area contributed by atoms with E-state index in [0.717, 1.165) is 37.8 Å². The number of esters is 1. The average molecular weight is 604 g/mol. The Morgan fingerprint density at radius 2 is 1.57 bits per heavy atom. The van der Waals surface area contributed by atoms with Gasteiger partial charge in [-0.2, -0.15) is 0 Å². The van der Waals surface area contributed by atoms with Crippen molar-refractivity contribution in [3.63, 3.8) is 0 Å². The molecule has 0 unspecified atom stereocenters. The van der Waals surface area contributed by atoms with Gasteiger partial charge in [0.2, 0.25) is 0 Å². The van der Waals surface area contributed by atoms with E-state index >= 15 is 0 Å². The number of benzene rings is 1. The molecular weight excluding hydrogens is 546 g/mol. The summed E-state index contributed by atoms with van der Waals surface area (Å²) in [4.78, 5) is 25.0. The number of rotatable bonds is 5. The van der Waals surface area contributed by atoms with Gasteiger partial charge in [0.1, 0.15) is 6.10 Å². The first-order chi connectivity index (χ1) is 20.7. The molecule has 0 heterocycles. The molecule has 1 N–H and O–H groups in total. The summed E-state index contributed by atoms with van der Waals surface area (Å²) in [6.07, 6.45) is 11.3. The maximum Gasteiger partial charge on any atom is 0.411 e. The molecule has 5 heteroatoms. The van der Waals surface area contributed by atoms with Crippen LogP contribution in [0.5, 0.6) is 0 Å². The molecule has 5 nitrogen and oxygen atoms in total. The summed E-state index contributed by atoms with van der Waals surface area (Å²) in [6.45, 7) is 21.5. The minimum atomic E-state index is -0.342. The average Bonchev–Trinajstić information content (AvgIpc) is 3.35. The van der Waals surface area contributed by atoms with Crippen molar-refractivity contribution in [1.29, 1.82) is 0 Å². The van der Waals surface area contributed by atoms with Gasteiger partial charge in [-0.3, -0.25) is 10.1 Å². The van der Waals surface area contributed by atoms with Crippen LogP contribution in [0.25, 0.3) is 0 Å². The van der Waals surface area contributed by atoms with E-state index in [1.165, 1.54) is 37.7 Å². The third kappa shape index (κ3) is 4.68. The highest BCUT2D eigenvalue weighted by molar-refractivity contribution is 5.84. The molecule has 0 radical (unpaired) electrons. The Balaban J connectivity index is 1.27. The van der Waals surface area contributed by atoms with Crippen molar-refractivity contribution in [2.75, 3.05) is 11.9 Å². The van der Waals surface area contributed by atoms with Crippen molar-refractivity contribution >= 4 is 17.7 Å². The van der Waals surface area contributed by atoms with Crippen LogP contribution in [0.2, 0.25) is 0 Å². The molecule has 0 saturated heterocycles. The van der Waals surface area contributed by atoms with Crippen LogP contribution < -0.4 is 5.32 Å². The van der Waals surface area contributed by atoms with E-state index in [1.54, 1.807) is 6.92 Å². The number of carbonyl (C=O) groups is 2. The van der Waals surface area contributed by atoms with Gasteiger partial charge < -0.3 is 9.47 Å². The van der Waals surface area contributed by atoms with Crippen molar-refractivity contribution in [2.24, 2.45) is 56.7 Å². The van der Waals surface area contributed by atoms with Crippen molar-refractivity contribution in [3.05, 3.63) is 42.5 Å². The Bertz CT molecular complexity index is 1290. The van der Waals surface area contributed by atoms with Crippen molar-refractivity contribution < 1.29 is 19.1 Å². The van der Waals surface area contributed by atoms with Gasteiger partial charge >= 0.3 is 12.1 Å². The quantitative estimate of drug-likeness (QED) is 0.269. The fourth-order valence-electron chi connectivity index (χ4n) is 12.8. The zero-order valence-electron chi connectivity index (χ0n) is 28.5. The van der Waals surface area contributed by atoms with Gasteiger partial charge in [-0.15, -0.1) is 0 Å². The van der Waals surface area contributed by atoms with Gasteiger partial charge in [-0.1, -0.05) is 65.0 Å². The predicted octanol–water partition coefficient (Wildman–Crippen LogP) is 9.82. The van der Waals surface area contributed by atoms with E-state index in [-0.39, 0.29) is 45.2 Å². The second-order valence-corrected chi connectivity index (χ2v) is 17.1. The Hall–Kier alpha value is -2.30. The number of ether oxygens (including phenoxy) is 2. The van der Waals surface area contributed by atoms with Gasteiger partial charge in [0, 0.05) is 23.4 Å². The number of nitrogens with one attached hydrogen (secondary N) is 1. The van der Waals surface area contributed by atoms with Crippen molar-refractivity contribution in [2.45, 2.75) is 119 Å². The molecule has 5 fully saturated rings. The van der Waals surface area contributed by atoms with E-state index in [2.05, 4.69) is 53.4 Å². The first kappa shape index (κ1) is 31.7. The third-order valence-corrected chi connectivity index (χ3v) is 15.0. The van der Waals surface area contributed by atoms with E-state index in [1.807, 2.05) is 30.3 Å². The zero-order chi connectivity index (χ0) is 31.7. The molecule has 1 aromatic rings. The number of allylic oxidation sites excluding steroid dienone is 1. The van der Waals surface area contributed by atoms with Gasteiger partial charge in [0.15, 0.2) is 0 Å². The maximum absolute atomic E-state index is 13.0. The highest BCUT2D eigenvalue weighted by Gasteiger charge is 2.71. The van der Waals surface area contributed by atoms with Crippen molar-refractivity contribution in [1.82, 2.24) is 0 Å². The molecule has 5 aliphatic rings. The fraction of sp³-hybridized carbons (Fsp3) is 0.744. The third-order valence-electron chi connectivity index (χ3n) is 15.0. The zero-order valence-corrected chi connectivity index (χ0v) is 28.5. The molecular formula is C39H57NO4. The molecule has 1 aromatic carbocycles. The molecule has 0 aliphatic heterocycles. The molecule has 1 amide bonds. The highest BCUT2D eigenvalue weighted by atomic mass is 16.6. The van der Waals surface area contributed by atoms with Crippen LogP contribution >= 0.6 is 0 Å². The smallest absolute Gasteiger partial charge is 0.411 e. The molecule has 5 saturated carbocycles. The molecule has 0 spiro atoms. The van der Waals surface area contributed by atoms with Crippen LogP contribution in [0.3, 0.4) is 0 Å². The van der Waals surface area contributed by atoms with Crippen LogP contribution in [0.1, 0.15) is 113 Å². The topological polar surface area (TPSA) is 64.6 Å². The van der Waals surface area contributed by atoms with E-state index < -0.39 is 0 Å². The Labute approximate surface area is 266 Å². The van der Waals surface area contributed by atoms with Crippen molar-refractivity contribution in [3.8, 4) is 0 Å². The number of para-hydroxylation sites is 1. The van der Waals surface area contributed by atoms with E-state index in [4.69, 9.17) is 9.47 Å². The van der Waals surface area contributed by atoms with Crippen LogP contribution in [0, 0.1) is 56.7 Å². The number of hydrogen-bond donors (Lipinski definition) is 1. The Morgan fingerprint density at radius 3 is 2.25 bits per heavy atom. The van der Waals surface area contributed by atoms with E-state index in [9.17, 15) is 9.59 Å². The number of amides is 1. The molecule has 6 rings (SSSR count). The second-order valence-electron chi connectivity index (χ2n) is 17.1. The van der Waals surface area contributed by atoms with E-state index in [0.29, 0.717) is 36.2 Å². The summed E-state index contributed by atoms with van der Waals surface area (Å²) < 4.78 is 12.0. The lowest BCUT2D eigenvalue weighted by atomic mass is 9.32. The lowest BCUT2D eigenvalue weighted by Crippen LogP contribution is -2.67. The van der Waals surface area contributed by atoms with Gasteiger partial charge in [0.25, 0.3) is 0 Å². The number of carbonyl (C=O) groups excluding carboxylic acids is 2. The summed E-state index contributed by atoms with van der Waals surface area (Å²) in [5, 5.41) is 2.94. The summed E-state index contributed by atoms with van der Waals surface area (Å²) in [5.74, 6) is 2.68. The van der Waals surface area contributed by atoms with Gasteiger partial charge in [0.05, 0.1) is 6.61 Å². The standard InChI is InChI=1S/C39H57NO4/c1-25(2)28-16-21-39(24-43-34(42)40-27-12-10-9-11-13-27)23-22-37(7)29(33(28)39)14-15-31-36(6)19-18-32(44-26(3)41)35(4,5)30(36)17-20-38(31,37)8/h9-13,28-33H,1,14-24H2,2-8H3,(H,40,42)/t28-,29+,30-,31+,32-,33+,36-,37+,38+,39+/m0/s1. The molecule has 0 bridgehead atoms. The van der Waals surface area contributed by atoms with Crippen LogP contribution in [0.4, 0.5) is 10.5 Å². The predicted molar refractivity (Wildman–Crippen MR) is 176 cm³/mol. The van der Waals surface area contributed by atoms with Crippen LogP contribution in [-0.2, 0) is 14.3 Å². The maximum atomic E-state index is 13.0. The molecule has 0 aromatic heterocycles. The van der Waals surface area contributed by atoms with Gasteiger partial charge in [-0.05, 0) is 129 Å². The minimum Gasteiger partial charge on any atom is -0.462 e. The highest BCUT2D eigenvalue weighted by Crippen LogP contribution is 2.77. The molecule has 44 heavy (non-hydrogen) atoms. The SMILES string of the molecule is C=C(C)[C@@H]1CC[C@]2(COC(=O)Nc3ccccc3)CC[C@]3(C)[C@H](CC[C@@H]4[C@@]5(C)CC[C@H](OC(C)=O)C(C)(C)[C@@H]5CC[C@]43C)[C@@H]12. The largest absolute Gasteiger partial charge is 0.462 e. The number of fused-ring (bicyclic) bond motifs is 7. The summed E-state index contributed by atoms with van der Waals surface area (Å²) in [7, 11) is 0. The number of hydrogen-bond acceptors (Lipinski definition) is 4. The summed E-state index contributed by atoms with van der Waals surface area (Å²) in [6, 6.07) is 9.61. The normalized spacial score (nSPS) is 43.8. The van der Waals surface area contributed by atoms with Gasteiger partial charge in [-0.25, -0.2) is 4.79 Å². The van der Waals surface area contributed by atoms with Crippen LogP contribution in [-0.4, -0.2) is 24.8 Å². The number of anilines is 1. The minimum absolute atomic E-state index is 0.0126.